The van der Waals surface area contributed by atoms with Crippen LogP contribution in [0.15, 0.2) is 48.5 Å². The molecule has 2 aromatic carbocycles. The van der Waals surface area contributed by atoms with Crippen LogP contribution in [-0.2, 0) is 16.0 Å². The molecular formula is C20H22N2O3. The maximum atomic E-state index is 12.7. The lowest BCUT2D eigenvalue weighted by molar-refractivity contribution is -0.138. The molecule has 0 saturated carbocycles. The van der Waals surface area contributed by atoms with E-state index >= 15 is 0 Å². The minimum absolute atomic E-state index is 0.0213. The summed E-state index contributed by atoms with van der Waals surface area (Å²) in [4.78, 5) is 26.7. The molecule has 1 N–H and O–H groups in total. The van der Waals surface area contributed by atoms with Crippen LogP contribution in [0, 0.1) is 0 Å². The van der Waals surface area contributed by atoms with Crippen LogP contribution in [0.1, 0.15) is 31.0 Å². The van der Waals surface area contributed by atoms with E-state index in [0.717, 1.165) is 29.0 Å². The van der Waals surface area contributed by atoms with Gasteiger partial charge < -0.3 is 15.0 Å². The van der Waals surface area contributed by atoms with Gasteiger partial charge in [-0.3, -0.25) is 9.59 Å². The molecule has 1 aliphatic heterocycles. The van der Waals surface area contributed by atoms with Gasteiger partial charge in [-0.25, -0.2) is 0 Å². The monoisotopic (exact) mass is 338 g/mol. The number of rotatable bonds is 3. The molecule has 5 heteroatoms. The predicted molar refractivity (Wildman–Crippen MR) is 96.6 cm³/mol. The van der Waals surface area contributed by atoms with Gasteiger partial charge in [-0.05, 0) is 49.6 Å². The number of carbonyl (C=O) groups excluding carboxylic acids is 2. The van der Waals surface area contributed by atoms with Gasteiger partial charge in [0, 0.05) is 11.7 Å². The lowest BCUT2D eigenvalue weighted by Gasteiger charge is -2.23. The van der Waals surface area contributed by atoms with Crippen molar-refractivity contribution in [2.75, 3.05) is 12.0 Å². The third kappa shape index (κ3) is 3.36. The van der Waals surface area contributed by atoms with Crippen LogP contribution in [0.25, 0.3) is 0 Å². The van der Waals surface area contributed by atoms with Gasteiger partial charge in [0.1, 0.15) is 5.75 Å². The Kier molecular flexibility index (Phi) is 4.74. The van der Waals surface area contributed by atoms with Gasteiger partial charge in [-0.1, -0.05) is 30.3 Å². The van der Waals surface area contributed by atoms with Gasteiger partial charge in [0.25, 0.3) is 0 Å². The fraction of sp³-hybridized carbons (Fsp3) is 0.300. The zero-order valence-electron chi connectivity index (χ0n) is 14.7. The zero-order chi connectivity index (χ0) is 18.0. The highest BCUT2D eigenvalue weighted by Gasteiger charge is 2.34. The molecule has 0 bridgehead atoms. The molecular weight excluding hydrogens is 316 g/mol. The second-order valence-electron chi connectivity index (χ2n) is 6.33. The topological polar surface area (TPSA) is 58.6 Å². The fourth-order valence-electron chi connectivity index (χ4n) is 3.22. The number of fused-ring (bicyclic) bond motifs is 1. The molecule has 2 atom stereocenters. The summed E-state index contributed by atoms with van der Waals surface area (Å²) < 4.78 is 5.13. The average Bonchev–Trinajstić information content (AvgIpc) is 2.96. The van der Waals surface area contributed by atoms with Crippen molar-refractivity contribution in [2.45, 2.75) is 32.4 Å². The van der Waals surface area contributed by atoms with E-state index in [1.54, 1.807) is 12.0 Å². The summed E-state index contributed by atoms with van der Waals surface area (Å²) in [7, 11) is 1.61. The van der Waals surface area contributed by atoms with Crippen molar-refractivity contribution in [3.8, 4) is 5.75 Å². The van der Waals surface area contributed by atoms with Crippen molar-refractivity contribution < 1.29 is 14.3 Å². The number of methoxy groups -OCH3 is 1. The van der Waals surface area contributed by atoms with E-state index in [2.05, 4.69) is 5.32 Å². The summed E-state index contributed by atoms with van der Waals surface area (Å²) >= 11 is 0. The van der Waals surface area contributed by atoms with Crippen LogP contribution in [0.3, 0.4) is 0 Å². The van der Waals surface area contributed by atoms with Crippen LogP contribution in [-0.4, -0.2) is 25.0 Å². The highest BCUT2D eigenvalue weighted by Crippen LogP contribution is 2.31. The van der Waals surface area contributed by atoms with Crippen molar-refractivity contribution in [3.63, 3.8) is 0 Å². The number of carbonyl (C=O) groups is 2. The summed E-state index contributed by atoms with van der Waals surface area (Å²) in [5.41, 5.74) is 2.84. The van der Waals surface area contributed by atoms with Crippen LogP contribution >= 0.6 is 0 Å². The molecule has 130 valence electrons. The van der Waals surface area contributed by atoms with E-state index in [4.69, 9.17) is 4.74 Å². The van der Waals surface area contributed by atoms with Crippen molar-refractivity contribution >= 4 is 17.5 Å². The second kappa shape index (κ2) is 6.97. The lowest BCUT2D eigenvalue weighted by Crippen LogP contribution is -2.46. The fourth-order valence-corrected chi connectivity index (χ4v) is 3.22. The van der Waals surface area contributed by atoms with Gasteiger partial charge >= 0.3 is 11.8 Å². The molecule has 1 aliphatic rings. The van der Waals surface area contributed by atoms with Crippen molar-refractivity contribution in [1.82, 2.24) is 5.32 Å². The Hall–Kier alpha value is -2.82. The van der Waals surface area contributed by atoms with Crippen molar-refractivity contribution in [2.24, 2.45) is 0 Å². The van der Waals surface area contributed by atoms with Crippen LogP contribution in [0.4, 0.5) is 5.69 Å². The number of amides is 2. The second-order valence-corrected chi connectivity index (χ2v) is 6.33. The van der Waals surface area contributed by atoms with Gasteiger partial charge in [-0.2, -0.15) is 0 Å². The third-order valence-electron chi connectivity index (χ3n) is 4.58. The average molecular weight is 338 g/mol. The first-order chi connectivity index (χ1) is 12.0. The number of nitrogens with one attached hydrogen (secondary N) is 1. The van der Waals surface area contributed by atoms with E-state index in [9.17, 15) is 9.59 Å². The molecule has 25 heavy (non-hydrogen) atoms. The Morgan fingerprint density at radius 3 is 2.52 bits per heavy atom. The smallest absolute Gasteiger partial charge is 0.316 e. The largest absolute Gasteiger partial charge is 0.497 e. The molecule has 0 spiro atoms. The molecule has 0 fully saturated rings. The molecule has 0 aliphatic carbocycles. The number of para-hydroxylation sites is 1. The molecule has 3 rings (SSSR count). The van der Waals surface area contributed by atoms with Crippen molar-refractivity contribution in [1.29, 1.82) is 0 Å². The highest BCUT2D eigenvalue weighted by molar-refractivity contribution is 6.40. The zero-order valence-corrected chi connectivity index (χ0v) is 14.7. The number of benzene rings is 2. The van der Waals surface area contributed by atoms with E-state index in [1.807, 2.05) is 62.4 Å². The molecule has 2 amide bonds. The normalized spacial score (nSPS) is 16.9. The highest BCUT2D eigenvalue weighted by atomic mass is 16.5. The first-order valence-corrected chi connectivity index (χ1v) is 8.37. The Labute approximate surface area is 147 Å². The first-order valence-electron chi connectivity index (χ1n) is 8.37. The summed E-state index contributed by atoms with van der Waals surface area (Å²) in [6.45, 7) is 3.81. The summed E-state index contributed by atoms with van der Waals surface area (Å²) in [5.74, 6) is -0.356. The molecule has 0 aromatic heterocycles. The first kappa shape index (κ1) is 17.0. The Balaban J connectivity index is 1.71. The van der Waals surface area contributed by atoms with E-state index in [-0.39, 0.29) is 12.1 Å². The van der Waals surface area contributed by atoms with Crippen molar-refractivity contribution in [3.05, 3.63) is 59.7 Å². The van der Waals surface area contributed by atoms with E-state index in [1.165, 1.54) is 0 Å². The molecule has 0 saturated heterocycles. The number of anilines is 1. The molecule has 2 aromatic rings. The Bertz CT molecular complexity index is 786. The van der Waals surface area contributed by atoms with E-state index in [0.29, 0.717) is 0 Å². The number of hydrogen-bond acceptors (Lipinski definition) is 3. The summed E-state index contributed by atoms with van der Waals surface area (Å²) in [6.07, 6.45) is 0.767. The summed E-state index contributed by atoms with van der Waals surface area (Å²) in [6, 6.07) is 14.8. The lowest BCUT2D eigenvalue weighted by atomic mass is 10.1. The SMILES string of the molecule is COc1ccc(C(C)NC(=O)C(=O)N2c3ccccc3CC2C)cc1. The molecule has 5 nitrogen and oxygen atoms in total. The maximum absolute atomic E-state index is 12.7. The van der Waals surface area contributed by atoms with E-state index < -0.39 is 11.8 Å². The Morgan fingerprint density at radius 2 is 1.84 bits per heavy atom. The molecule has 0 radical (unpaired) electrons. The van der Waals surface area contributed by atoms with Crippen LogP contribution in [0.5, 0.6) is 5.75 Å². The maximum Gasteiger partial charge on any atom is 0.316 e. The Morgan fingerprint density at radius 1 is 1.16 bits per heavy atom. The van der Waals surface area contributed by atoms with Gasteiger partial charge in [0.15, 0.2) is 0 Å². The predicted octanol–water partition coefficient (Wildman–Crippen LogP) is 2.85. The van der Waals surface area contributed by atoms with Gasteiger partial charge in [0.05, 0.1) is 13.2 Å². The minimum atomic E-state index is -0.591. The van der Waals surface area contributed by atoms with Crippen LogP contribution in [0.2, 0.25) is 0 Å². The summed E-state index contributed by atoms with van der Waals surface area (Å²) in [5, 5.41) is 2.79. The number of hydrogen-bond donors (Lipinski definition) is 1. The third-order valence-corrected chi connectivity index (χ3v) is 4.58. The van der Waals surface area contributed by atoms with Crippen LogP contribution < -0.4 is 15.0 Å². The minimum Gasteiger partial charge on any atom is -0.497 e. The molecule has 2 unspecified atom stereocenters. The number of nitrogens with zero attached hydrogens (tertiary/aromatic N) is 1. The van der Waals surface area contributed by atoms with Gasteiger partial charge in [0.2, 0.25) is 0 Å². The standard InChI is InChI=1S/C20H22N2O3/c1-13-12-16-6-4-5-7-18(16)22(13)20(24)19(23)21-14(2)15-8-10-17(25-3)11-9-15/h4-11,13-14H,12H2,1-3H3,(H,21,23). The molecule has 1 heterocycles. The van der Waals surface area contributed by atoms with Gasteiger partial charge in [-0.15, -0.1) is 0 Å². The quantitative estimate of drug-likeness (QED) is 0.876. The number of ether oxygens (including phenoxy) is 1.